The van der Waals surface area contributed by atoms with E-state index >= 15 is 0 Å². The van der Waals surface area contributed by atoms with Gasteiger partial charge in [0.15, 0.2) is 0 Å². The molecular formula is C23H15N5O3. The molecule has 3 aromatic carbocycles. The maximum absolute atomic E-state index is 11.3. The van der Waals surface area contributed by atoms with Crippen LogP contribution < -0.4 is 10.5 Å². The van der Waals surface area contributed by atoms with Gasteiger partial charge in [-0.25, -0.2) is 0 Å². The fourth-order valence-corrected chi connectivity index (χ4v) is 4.05. The molecule has 0 saturated carbocycles. The SMILES string of the molecule is N#CC1=C(N)Oc2n[nH]c(-c3cccc4ccccc34)c2[C@@H]1c1cccc([N+](=O)[O-])c1. The zero-order valence-corrected chi connectivity index (χ0v) is 16.1. The Morgan fingerprint density at radius 3 is 2.71 bits per heavy atom. The Kier molecular flexibility index (Phi) is 4.15. The third kappa shape index (κ3) is 2.88. The highest BCUT2D eigenvalue weighted by Crippen LogP contribution is 2.47. The van der Waals surface area contributed by atoms with E-state index in [1.54, 1.807) is 12.1 Å². The van der Waals surface area contributed by atoms with E-state index in [0.29, 0.717) is 16.8 Å². The van der Waals surface area contributed by atoms with Gasteiger partial charge in [-0.1, -0.05) is 54.6 Å². The van der Waals surface area contributed by atoms with Gasteiger partial charge < -0.3 is 10.5 Å². The Balaban J connectivity index is 1.78. The van der Waals surface area contributed by atoms with Gasteiger partial charge in [0.25, 0.3) is 5.69 Å². The standard InChI is InChI=1S/C23H15N5O3/c24-12-18-19(14-7-3-8-15(11-14)28(29)30)20-21(26-27-23(20)31-22(18)25)17-10-4-6-13-5-1-2-9-16(13)17/h1-11,19H,25H2,(H,26,27)/t19-/m1/s1. The van der Waals surface area contributed by atoms with Gasteiger partial charge in [-0.3, -0.25) is 15.2 Å². The van der Waals surface area contributed by atoms with Crippen molar-refractivity contribution in [2.75, 3.05) is 0 Å². The molecule has 0 aliphatic carbocycles. The molecule has 31 heavy (non-hydrogen) atoms. The van der Waals surface area contributed by atoms with Crippen LogP contribution in [-0.2, 0) is 0 Å². The van der Waals surface area contributed by atoms with Crippen molar-refractivity contribution < 1.29 is 9.66 Å². The molecule has 4 aromatic rings. The number of allylic oxidation sites excluding steroid dienone is 1. The molecule has 5 rings (SSSR count). The maximum atomic E-state index is 11.3. The molecule has 0 saturated heterocycles. The maximum Gasteiger partial charge on any atom is 0.269 e. The molecule has 1 aliphatic rings. The average molecular weight is 409 g/mol. The number of nitrogens with two attached hydrogens (primary N) is 1. The second-order valence-corrected chi connectivity index (χ2v) is 7.12. The van der Waals surface area contributed by atoms with Crippen LogP contribution in [0.5, 0.6) is 5.88 Å². The first-order valence-electron chi connectivity index (χ1n) is 9.47. The molecule has 3 N–H and O–H groups in total. The number of aromatic nitrogens is 2. The molecule has 1 atom stereocenters. The summed E-state index contributed by atoms with van der Waals surface area (Å²) in [6.07, 6.45) is 0. The van der Waals surface area contributed by atoms with Crippen LogP contribution in [0.4, 0.5) is 5.69 Å². The summed E-state index contributed by atoms with van der Waals surface area (Å²) in [6.45, 7) is 0. The van der Waals surface area contributed by atoms with Crippen molar-refractivity contribution in [2.24, 2.45) is 5.73 Å². The average Bonchev–Trinajstić information content (AvgIpc) is 3.20. The van der Waals surface area contributed by atoms with E-state index in [9.17, 15) is 15.4 Å². The van der Waals surface area contributed by atoms with Gasteiger partial charge in [-0.15, -0.1) is 5.10 Å². The van der Waals surface area contributed by atoms with Gasteiger partial charge in [0, 0.05) is 17.7 Å². The third-order valence-corrected chi connectivity index (χ3v) is 5.41. The Morgan fingerprint density at radius 2 is 1.90 bits per heavy atom. The van der Waals surface area contributed by atoms with Gasteiger partial charge in [-0.05, 0) is 16.3 Å². The smallest absolute Gasteiger partial charge is 0.269 e. The predicted molar refractivity (Wildman–Crippen MR) is 114 cm³/mol. The molecule has 1 aromatic heterocycles. The summed E-state index contributed by atoms with van der Waals surface area (Å²) in [5, 5.41) is 30.5. The van der Waals surface area contributed by atoms with Crippen molar-refractivity contribution >= 4 is 16.5 Å². The van der Waals surface area contributed by atoms with Crippen LogP contribution in [-0.4, -0.2) is 15.1 Å². The second-order valence-electron chi connectivity index (χ2n) is 7.12. The van der Waals surface area contributed by atoms with Crippen LogP contribution in [0.2, 0.25) is 0 Å². The van der Waals surface area contributed by atoms with Crippen LogP contribution >= 0.6 is 0 Å². The van der Waals surface area contributed by atoms with Crippen molar-refractivity contribution in [3.63, 3.8) is 0 Å². The normalized spacial score (nSPS) is 15.3. The highest BCUT2D eigenvalue weighted by molar-refractivity contribution is 5.97. The fraction of sp³-hybridized carbons (Fsp3) is 0.0435. The van der Waals surface area contributed by atoms with Gasteiger partial charge in [0.2, 0.25) is 11.8 Å². The summed E-state index contributed by atoms with van der Waals surface area (Å²) in [6, 6.07) is 22.1. The molecule has 1 aliphatic heterocycles. The number of hydrogen-bond donors (Lipinski definition) is 2. The van der Waals surface area contributed by atoms with Crippen molar-refractivity contribution in [3.8, 4) is 23.2 Å². The Hall–Kier alpha value is -4.64. The fourth-order valence-electron chi connectivity index (χ4n) is 4.05. The first-order valence-corrected chi connectivity index (χ1v) is 9.47. The lowest BCUT2D eigenvalue weighted by atomic mass is 9.82. The van der Waals surface area contributed by atoms with Crippen LogP contribution in [0, 0.1) is 21.4 Å². The van der Waals surface area contributed by atoms with E-state index in [0.717, 1.165) is 16.3 Å². The molecule has 8 nitrogen and oxygen atoms in total. The number of ether oxygens (including phenoxy) is 1. The van der Waals surface area contributed by atoms with Crippen molar-refractivity contribution in [3.05, 3.63) is 99.4 Å². The van der Waals surface area contributed by atoms with Crippen LogP contribution in [0.1, 0.15) is 17.0 Å². The van der Waals surface area contributed by atoms with Crippen molar-refractivity contribution in [1.82, 2.24) is 10.2 Å². The molecule has 0 radical (unpaired) electrons. The van der Waals surface area contributed by atoms with Gasteiger partial charge in [0.05, 0.1) is 22.1 Å². The van der Waals surface area contributed by atoms with Crippen molar-refractivity contribution in [1.29, 1.82) is 5.26 Å². The Labute approximate surface area is 176 Å². The molecule has 2 heterocycles. The summed E-state index contributed by atoms with van der Waals surface area (Å²) in [5.74, 6) is -0.486. The Bertz CT molecular complexity index is 1430. The number of nitro benzene ring substituents is 1. The molecule has 8 heteroatoms. The lowest BCUT2D eigenvalue weighted by molar-refractivity contribution is -0.384. The minimum atomic E-state index is -0.665. The number of fused-ring (bicyclic) bond motifs is 2. The Morgan fingerprint density at radius 1 is 1.13 bits per heavy atom. The number of aromatic amines is 1. The lowest BCUT2D eigenvalue weighted by Crippen LogP contribution is -2.21. The number of nitro groups is 1. The third-order valence-electron chi connectivity index (χ3n) is 5.41. The number of H-pyrrole nitrogens is 1. The van der Waals surface area contributed by atoms with E-state index in [1.165, 1.54) is 12.1 Å². The summed E-state index contributed by atoms with van der Waals surface area (Å²) < 4.78 is 5.64. The predicted octanol–water partition coefficient (Wildman–Crippen LogP) is 4.36. The zero-order chi connectivity index (χ0) is 21.5. The molecule has 0 spiro atoms. The van der Waals surface area contributed by atoms with E-state index in [1.807, 2.05) is 42.5 Å². The molecular weight excluding hydrogens is 394 g/mol. The lowest BCUT2D eigenvalue weighted by Gasteiger charge is -2.24. The topological polar surface area (TPSA) is 131 Å². The minimum Gasteiger partial charge on any atom is -0.420 e. The minimum absolute atomic E-state index is 0.0672. The number of benzene rings is 3. The summed E-state index contributed by atoms with van der Waals surface area (Å²) >= 11 is 0. The number of non-ortho nitro benzene ring substituents is 1. The van der Waals surface area contributed by atoms with Gasteiger partial charge >= 0.3 is 0 Å². The molecule has 0 bridgehead atoms. The summed E-state index contributed by atoms with van der Waals surface area (Å²) in [7, 11) is 0. The summed E-state index contributed by atoms with van der Waals surface area (Å²) in [5.41, 5.74) is 8.84. The van der Waals surface area contributed by atoms with E-state index in [-0.39, 0.29) is 23.0 Å². The highest BCUT2D eigenvalue weighted by Gasteiger charge is 2.36. The number of nitrogens with zero attached hydrogens (tertiary/aromatic N) is 3. The number of rotatable bonds is 3. The number of nitrogens with one attached hydrogen (secondary N) is 1. The van der Waals surface area contributed by atoms with Gasteiger partial charge in [-0.2, -0.15) is 5.26 Å². The summed E-state index contributed by atoms with van der Waals surface area (Å²) in [4.78, 5) is 10.9. The molecule has 0 unspecified atom stereocenters. The van der Waals surface area contributed by atoms with Crippen molar-refractivity contribution in [2.45, 2.75) is 5.92 Å². The number of nitriles is 1. The van der Waals surface area contributed by atoms with Gasteiger partial charge in [0.1, 0.15) is 11.6 Å². The largest absolute Gasteiger partial charge is 0.420 e. The van der Waals surface area contributed by atoms with E-state index in [4.69, 9.17) is 10.5 Å². The van der Waals surface area contributed by atoms with Crippen LogP contribution in [0.15, 0.2) is 78.2 Å². The molecule has 150 valence electrons. The highest BCUT2D eigenvalue weighted by atomic mass is 16.6. The number of hydrogen-bond acceptors (Lipinski definition) is 6. The van der Waals surface area contributed by atoms with Crippen LogP contribution in [0.25, 0.3) is 22.0 Å². The first-order chi connectivity index (χ1) is 15.1. The van der Waals surface area contributed by atoms with Crippen LogP contribution in [0.3, 0.4) is 0 Å². The first kappa shape index (κ1) is 18.4. The zero-order valence-electron chi connectivity index (χ0n) is 16.1. The van der Waals surface area contributed by atoms with E-state index in [2.05, 4.69) is 16.3 Å². The van der Waals surface area contributed by atoms with E-state index < -0.39 is 10.8 Å². The molecule has 0 fully saturated rings. The quantitative estimate of drug-likeness (QED) is 0.382. The monoisotopic (exact) mass is 409 g/mol. The molecule has 0 amide bonds. The second kappa shape index (κ2) is 7.00.